The Balaban J connectivity index is 2.30. The minimum absolute atomic E-state index is 0.372. The molecular formula is C20H28N2O5. The van der Waals surface area contributed by atoms with Crippen molar-refractivity contribution in [2.75, 3.05) is 7.11 Å². The molecule has 0 saturated heterocycles. The standard InChI is InChI=1S/C20H28N2O5/c1-19(2,3)27-18(23)22-15(11-13-7-9-14(25-6)10-8-13)16-17(20(4,5)24)21-12-26-16/h7-10,12,15,24H,11H2,1-6H3,(H,22,23)/t15-/m0/s1. The first-order chi connectivity index (χ1) is 12.5. The molecule has 0 fully saturated rings. The quantitative estimate of drug-likeness (QED) is 0.798. The molecule has 1 aromatic heterocycles. The zero-order valence-corrected chi connectivity index (χ0v) is 16.7. The number of nitrogens with one attached hydrogen (secondary N) is 1. The lowest BCUT2D eigenvalue weighted by atomic mass is 9.96. The summed E-state index contributed by atoms with van der Waals surface area (Å²) in [5, 5.41) is 13.2. The highest BCUT2D eigenvalue weighted by Gasteiger charge is 2.31. The molecule has 0 aliphatic rings. The van der Waals surface area contributed by atoms with E-state index >= 15 is 0 Å². The molecule has 0 saturated carbocycles. The van der Waals surface area contributed by atoms with Crippen molar-refractivity contribution < 1.29 is 23.8 Å². The Morgan fingerprint density at radius 2 is 1.85 bits per heavy atom. The molecule has 2 rings (SSSR count). The van der Waals surface area contributed by atoms with E-state index in [2.05, 4.69) is 10.3 Å². The van der Waals surface area contributed by atoms with E-state index in [1.807, 2.05) is 24.3 Å². The molecule has 1 aromatic carbocycles. The van der Waals surface area contributed by atoms with Gasteiger partial charge in [-0.15, -0.1) is 0 Å². The predicted octanol–water partition coefficient (Wildman–Crippen LogP) is 3.72. The number of aromatic nitrogens is 1. The van der Waals surface area contributed by atoms with Crippen LogP contribution in [0.15, 0.2) is 35.1 Å². The number of ether oxygens (including phenoxy) is 2. The fourth-order valence-electron chi connectivity index (χ4n) is 2.62. The van der Waals surface area contributed by atoms with Crippen LogP contribution in [-0.2, 0) is 16.8 Å². The number of aliphatic hydroxyl groups is 1. The van der Waals surface area contributed by atoms with E-state index in [4.69, 9.17) is 13.9 Å². The van der Waals surface area contributed by atoms with Gasteiger partial charge in [-0.1, -0.05) is 12.1 Å². The number of alkyl carbamates (subject to hydrolysis) is 1. The molecule has 0 bridgehead atoms. The number of carbonyl (C=O) groups is 1. The highest BCUT2D eigenvalue weighted by atomic mass is 16.6. The number of benzene rings is 1. The normalized spacial score (nSPS) is 13.1. The van der Waals surface area contributed by atoms with Crippen LogP contribution in [0.4, 0.5) is 4.79 Å². The summed E-state index contributed by atoms with van der Waals surface area (Å²) in [6.45, 7) is 8.61. The van der Waals surface area contributed by atoms with Gasteiger partial charge in [-0.25, -0.2) is 9.78 Å². The van der Waals surface area contributed by atoms with Crippen LogP contribution in [-0.4, -0.2) is 28.9 Å². The average molecular weight is 376 g/mol. The van der Waals surface area contributed by atoms with Crippen LogP contribution in [0.3, 0.4) is 0 Å². The number of nitrogens with zero attached hydrogens (tertiary/aromatic N) is 1. The van der Waals surface area contributed by atoms with Gasteiger partial charge in [0, 0.05) is 6.42 Å². The highest BCUT2D eigenvalue weighted by Crippen LogP contribution is 2.29. The van der Waals surface area contributed by atoms with Crippen molar-refractivity contribution in [3.63, 3.8) is 0 Å². The van der Waals surface area contributed by atoms with Gasteiger partial charge in [0.25, 0.3) is 0 Å². The van der Waals surface area contributed by atoms with Gasteiger partial charge in [0.2, 0.25) is 0 Å². The number of methoxy groups -OCH3 is 1. The van der Waals surface area contributed by atoms with Crippen molar-refractivity contribution >= 4 is 6.09 Å². The Morgan fingerprint density at radius 1 is 1.22 bits per heavy atom. The zero-order valence-electron chi connectivity index (χ0n) is 16.7. The first-order valence-corrected chi connectivity index (χ1v) is 8.78. The van der Waals surface area contributed by atoms with Gasteiger partial charge in [-0.2, -0.15) is 0 Å². The van der Waals surface area contributed by atoms with E-state index in [9.17, 15) is 9.90 Å². The van der Waals surface area contributed by atoms with E-state index in [1.54, 1.807) is 41.7 Å². The molecule has 1 amide bonds. The molecular weight excluding hydrogens is 348 g/mol. The summed E-state index contributed by atoms with van der Waals surface area (Å²) in [7, 11) is 1.60. The first kappa shape index (κ1) is 20.8. The molecule has 27 heavy (non-hydrogen) atoms. The zero-order chi connectivity index (χ0) is 20.2. The van der Waals surface area contributed by atoms with Crippen molar-refractivity contribution in [1.82, 2.24) is 10.3 Å². The maximum atomic E-state index is 12.3. The van der Waals surface area contributed by atoms with Gasteiger partial charge in [0.15, 0.2) is 12.2 Å². The molecule has 2 N–H and O–H groups in total. The average Bonchev–Trinajstić information content (AvgIpc) is 3.03. The second kappa shape index (κ2) is 8.00. The van der Waals surface area contributed by atoms with E-state index in [0.717, 1.165) is 11.3 Å². The molecule has 1 atom stereocenters. The summed E-state index contributed by atoms with van der Waals surface area (Å²) in [5.74, 6) is 1.14. The van der Waals surface area contributed by atoms with Gasteiger partial charge in [0.1, 0.15) is 22.6 Å². The second-order valence-corrected chi connectivity index (χ2v) is 7.88. The molecule has 7 heteroatoms. The summed E-state index contributed by atoms with van der Waals surface area (Å²) in [6, 6.07) is 6.94. The lowest BCUT2D eigenvalue weighted by molar-refractivity contribution is 0.0484. The molecule has 0 radical (unpaired) electrons. The summed E-state index contributed by atoms with van der Waals surface area (Å²) in [4.78, 5) is 16.5. The number of carbonyl (C=O) groups excluding carboxylic acids is 1. The monoisotopic (exact) mass is 376 g/mol. The fraction of sp³-hybridized carbons (Fsp3) is 0.500. The van der Waals surface area contributed by atoms with Crippen LogP contribution in [0.25, 0.3) is 0 Å². The van der Waals surface area contributed by atoms with Crippen molar-refractivity contribution in [2.45, 2.75) is 58.3 Å². The van der Waals surface area contributed by atoms with E-state index in [-0.39, 0.29) is 0 Å². The summed E-state index contributed by atoms with van der Waals surface area (Å²) in [5.41, 5.74) is -0.516. The summed E-state index contributed by atoms with van der Waals surface area (Å²) < 4.78 is 16.1. The van der Waals surface area contributed by atoms with Crippen LogP contribution in [0, 0.1) is 0 Å². The van der Waals surface area contributed by atoms with Crippen molar-refractivity contribution in [1.29, 1.82) is 0 Å². The largest absolute Gasteiger partial charge is 0.497 e. The highest BCUT2D eigenvalue weighted by molar-refractivity contribution is 5.68. The van der Waals surface area contributed by atoms with Crippen molar-refractivity contribution in [3.05, 3.63) is 47.7 Å². The second-order valence-electron chi connectivity index (χ2n) is 7.88. The van der Waals surface area contributed by atoms with E-state index in [0.29, 0.717) is 17.9 Å². The molecule has 0 aliphatic carbocycles. The molecule has 1 heterocycles. The smallest absolute Gasteiger partial charge is 0.408 e. The van der Waals surface area contributed by atoms with Crippen LogP contribution in [0.1, 0.15) is 57.7 Å². The summed E-state index contributed by atoms with van der Waals surface area (Å²) in [6.07, 6.45) is 1.13. The lowest BCUT2D eigenvalue weighted by Crippen LogP contribution is -2.36. The van der Waals surface area contributed by atoms with Crippen LogP contribution in [0.5, 0.6) is 5.75 Å². The van der Waals surface area contributed by atoms with Crippen LogP contribution < -0.4 is 10.1 Å². The number of amides is 1. The van der Waals surface area contributed by atoms with Gasteiger partial charge in [0.05, 0.1) is 13.2 Å². The predicted molar refractivity (Wildman–Crippen MR) is 101 cm³/mol. The minimum Gasteiger partial charge on any atom is -0.497 e. The van der Waals surface area contributed by atoms with Crippen molar-refractivity contribution in [2.24, 2.45) is 0 Å². The Bertz CT molecular complexity index is 754. The van der Waals surface area contributed by atoms with Crippen LogP contribution >= 0.6 is 0 Å². The van der Waals surface area contributed by atoms with E-state index < -0.39 is 23.3 Å². The number of hydrogen-bond acceptors (Lipinski definition) is 6. The molecule has 0 aliphatic heterocycles. The number of hydrogen-bond donors (Lipinski definition) is 2. The van der Waals surface area contributed by atoms with Gasteiger partial charge in [-0.05, 0) is 52.3 Å². The Kier molecular flexibility index (Phi) is 6.15. The third-order valence-electron chi connectivity index (χ3n) is 3.78. The lowest BCUT2D eigenvalue weighted by Gasteiger charge is -2.24. The SMILES string of the molecule is COc1ccc(C[C@H](NC(=O)OC(C)(C)C)c2ocnc2C(C)(C)O)cc1. The van der Waals surface area contributed by atoms with Crippen LogP contribution in [0.2, 0.25) is 0 Å². The molecule has 2 aromatic rings. The maximum absolute atomic E-state index is 12.3. The Morgan fingerprint density at radius 3 is 2.37 bits per heavy atom. The third-order valence-corrected chi connectivity index (χ3v) is 3.78. The first-order valence-electron chi connectivity index (χ1n) is 8.78. The van der Waals surface area contributed by atoms with E-state index in [1.165, 1.54) is 6.39 Å². The molecule has 7 nitrogen and oxygen atoms in total. The molecule has 0 unspecified atom stereocenters. The van der Waals surface area contributed by atoms with Gasteiger partial charge in [-0.3, -0.25) is 0 Å². The molecule has 148 valence electrons. The summed E-state index contributed by atoms with van der Waals surface area (Å²) >= 11 is 0. The Labute approximate surface area is 159 Å². The Hall–Kier alpha value is -2.54. The third kappa shape index (κ3) is 5.99. The molecule has 0 spiro atoms. The fourth-order valence-corrected chi connectivity index (χ4v) is 2.62. The number of oxazole rings is 1. The topological polar surface area (TPSA) is 93.8 Å². The van der Waals surface area contributed by atoms with Gasteiger partial charge >= 0.3 is 6.09 Å². The van der Waals surface area contributed by atoms with Gasteiger partial charge < -0.3 is 24.3 Å². The minimum atomic E-state index is -1.21. The number of rotatable bonds is 6. The maximum Gasteiger partial charge on any atom is 0.408 e. The van der Waals surface area contributed by atoms with Crippen molar-refractivity contribution in [3.8, 4) is 5.75 Å².